The van der Waals surface area contributed by atoms with Crippen LogP contribution < -0.4 is 0 Å². The predicted octanol–water partition coefficient (Wildman–Crippen LogP) is 8.73. The molecule has 3 aromatic rings. The molecule has 0 aliphatic heterocycles. The van der Waals surface area contributed by atoms with Crippen LogP contribution in [0.5, 0.6) is 0 Å². The highest BCUT2D eigenvalue weighted by Crippen LogP contribution is 2.28. The van der Waals surface area contributed by atoms with Gasteiger partial charge in [0.05, 0.1) is 0 Å². The van der Waals surface area contributed by atoms with E-state index in [0.717, 1.165) is 25.4 Å². The lowest BCUT2D eigenvalue weighted by Gasteiger charge is -2.30. The van der Waals surface area contributed by atoms with E-state index in [9.17, 15) is 0 Å². The second-order valence-corrected chi connectivity index (χ2v) is 10.8. The van der Waals surface area contributed by atoms with Gasteiger partial charge in [0.25, 0.3) is 0 Å². The third-order valence-corrected chi connectivity index (χ3v) is 7.72. The van der Waals surface area contributed by atoms with Crippen LogP contribution in [0.15, 0.2) is 97.1 Å². The molecule has 0 aromatic heterocycles. The van der Waals surface area contributed by atoms with E-state index in [1.54, 1.807) is 0 Å². The first-order valence-corrected chi connectivity index (χ1v) is 14.5. The maximum absolute atomic E-state index is 2.50. The Morgan fingerprint density at radius 2 is 1.08 bits per heavy atom. The first-order chi connectivity index (χ1) is 18.0. The van der Waals surface area contributed by atoms with Crippen molar-refractivity contribution in [2.75, 3.05) is 20.6 Å². The summed E-state index contributed by atoms with van der Waals surface area (Å²) < 4.78 is 0. The zero-order chi connectivity index (χ0) is 26.7. The molecule has 0 saturated heterocycles. The number of likely N-dealkylation sites (N-methyl/N-ethyl adjacent to an activating group) is 1. The van der Waals surface area contributed by atoms with Gasteiger partial charge in [-0.05, 0) is 64.4 Å². The molecule has 1 aliphatic rings. The fraction of sp³-hybridized carbons (Fsp3) is 0.486. The van der Waals surface area contributed by atoms with Crippen molar-refractivity contribution in [2.24, 2.45) is 5.92 Å². The minimum atomic E-state index is 0.632. The molecule has 0 radical (unpaired) electrons. The molecule has 202 valence electrons. The highest BCUT2D eigenvalue weighted by atomic mass is 15.1. The van der Waals surface area contributed by atoms with Gasteiger partial charge in [0.1, 0.15) is 0 Å². The second kappa shape index (κ2) is 18.8. The van der Waals surface area contributed by atoms with Crippen LogP contribution in [0.1, 0.15) is 70.4 Å². The van der Waals surface area contributed by atoms with Gasteiger partial charge < -0.3 is 4.90 Å². The SMILES string of the molecule is CC(CC1CCCCC1)N(C)Cc1ccccc1.CCN(C)C(C)Cc1ccccc1.c1ccccc1. The molecule has 2 atom stereocenters. The quantitative estimate of drug-likeness (QED) is 0.290. The number of hydrogen-bond acceptors (Lipinski definition) is 2. The Morgan fingerprint density at radius 3 is 1.57 bits per heavy atom. The Balaban J connectivity index is 0.000000220. The van der Waals surface area contributed by atoms with E-state index in [1.165, 1.54) is 49.7 Å². The van der Waals surface area contributed by atoms with Crippen molar-refractivity contribution in [3.05, 3.63) is 108 Å². The minimum Gasteiger partial charge on any atom is -0.304 e. The number of rotatable bonds is 9. The van der Waals surface area contributed by atoms with Crippen LogP contribution in [-0.2, 0) is 13.0 Å². The van der Waals surface area contributed by atoms with Crippen LogP contribution in [0.4, 0.5) is 0 Å². The first kappa shape index (κ1) is 30.8. The number of benzene rings is 3. The summed E-state index contributed by atoms with van der Waals surface area (Å²) in [6.07, 6.45) is 9.83. The maximum Gasteiger partial charge on any atom is 0.0233 e. The van der Waals surface area contributed by atoms with Gasteiger partial charge in [-0.3, -0.25) is 4.90 Å². The summed E-state index contributed by atoms with van der Waals surface area (Å²) in [6.45, 7) is 9.05. The van der Waals surface area contributed by atoms with E-state index in [4.69, 9.17) is 0 Å². The second-order valence-electron chi connectivity index (χ2n) is 10.8. The van der Waals surface area contributed by atoms with Gasteiger partial charge in [-0.15, -0.1) is 0 Å². The summed E-state index contributed by atoms with van der Waals surface area (Å²) in [7, 11) is 4.44. The molecule has 1 aliphatic carbocycles. The van der Waals surface area contributed by atoms with Crippen LogP contribution in [-0.4, -0.2) is 42.5 Å². The van der Waals surface area contributed by atoms with Crippen LogP contribution in [0, 0.1) is 5.92 Å². The standard InChI is InChI=1S/C17H27N.C12H19N.C6H6/c1-15(13-16-9-5-3-6-10-16)18(2)14-17-11-7-4-8-12-17;1-4-13(3)11(2)10-12-8-6-5-7-9-12;1-2-4-6-5-3-1/h4,7-8,11-12,15-16H,3,5-6,9-10,13-14H2,1-2H3;5-9,11H,4,10H2,1-3H3;1-6H. The predicted molar refractivity (Wildman–Crippen MR) is 163 cm³/mol. The van der Waals surface area contributed by atoms with Gasteiger partial charge >= 0.3 is 0 Å². The Kier molecular flexibility index (Phi) is 15.6. The van der Waals surface area contributed by atoms with E-state index in [2.05, 4.69) is 105 Å². The van der Waals surface area contributed by atoms with Gasteiger partial charge in [-0.1, -0.05) is 136 Å². The third kappa shape index (κ3) is 13.6. The van der Waals surface area contributed by atoms with E-state index in [1.807, 2.05) is 36.4 Å². The Morgan fingerprint density at radius 1 is 0.622 bits per heavy atom. The summed E-state index contributed by atoms with van der Waals surface area (Å²) in [6, 6.07) is 34.8. The van der Waals surface area contributed by atoms with Gasteiger partial charge in [0.2, 0.25) is 0 Å². The molecule has 4 rings (SSSR count). The molecule has 0 spiro atoms. The fourth-order valence-electron chi connectivity index (χ4n) is 4.92. The minimum absolute atomic E-state index is 0.632. The van der Waals surface area contributed by atoms with Crippen LogP contribution in [0.25, 0.3) is 0 Å². The zero-order valence-corrected chi connectivity index (χ0v) is 24.2. The highest BCUT2D eigenvalue weighted by Gasteiger charge is 2.18. The smallest absolute Gasteiger partial charge is 0.0233 e. The lowest BCUT2D eigenvalue weighted by Crippen LogP contribution is -2.31. The van der Waals surface area contributed by atoms with Crippen molar-refractivity contribution in [3.63, 3.8) is 0 Å². The summed E-state index contributed by atoms with van der Waals surface area (Å²) in [5.41, 5.74) is 2.85. The molecule has 2 unspecified atom stereocenters. The largest absolute Gasteiger partial charge is 0.304 e. The van der Waals surface area contributed by atoms with Crippen molar-refractivity contribution in [1.29, 1.82) is 0 Å². The van der Waals surface area contributed by atoms with Crippen molar-refractivity contribution in [1.82, 2.24) is 9.80 Å². The average Bonchev–Trinajstić information content (AvgIpc) is 2.96. The van der Waals surface area contributed by atoms with Gasteiger partial charge in [-0.25, -0.2) is 0 Å². The first-order valence-electron chi connectivity index (χ1n) is 14.5. The lowest BCUT2D eigenvalue weighted by molar-refractivity contribution is 0.193. The molecule has 0 heterocycles. The molecule has 0 bridgehead atoms. The Hall–Kier alpha value is -2.42. The molecule has 0 amide bonds. The van der Waals surface area contributed by atoms with Gasteiger partial charge in [0.15, 0.2) is 0 Å². The normalized spacial score (nSPS) is 15.2. The van der Waals surface area contributed by atoms with Crippen LogP contribution >= 0.6 is 0 Å². The molecule has 1 fully saturated rings. The van der Waals surface area contributed by atoms with Gasteiger partial charge in [-0.2, -0.15) is 0 Å². The molecular weight excluding hydrogens is 448 g/mol. The molecular formula is C35H52N2. The molecule has 2 nitrogen and oxygen atoms in total. The van der Waals surface area contributed by atoms with Crippen LogP contribution in [0.2, 0.25) is 0 Å². The zero-order valence-electron chi connectivity index (χ0n) is 24.2. The summed E-state index contributed by atoms with van der Waals surface area (Å²) in [5.74, 6) is 0.979. The highest BCUT2D eigenvalue weighted by molar-refractivity contribution is 5.16. The summed E-state index contributed by atoms with van der Waals surface area (Å²) >= 11 is 0. The molecule has 0 N–H and O–H groups in total. The lowest BCUT2D eigenvalue weighted by atomic mass is 9.85. The summed E-state index contributed by atoms with van der Waals surface area (Å²) in [5, 5.41) is 0. The summed E-state index contributed by atoms with van der Waals surface area (Å²) in [4.78, 5) is 4.87. The third-order valence-electron chi connectivity index (χ3n) is 7.72. The van der Waals surface area contributed by atoms with Crippen molar-refractivity contribution in [3.8, 4) is 0 Å². The molecule has 37 heavy (non-hydrogen) atoms. The number of nitrogens with zero attached hydrogens (tertiary/aromatic N) is 2. The molecule has 1 saturated carbocycles. The van der Waals surface area contributed by atoms with E-state index in [-0.39, 0.29) is 0 Å². The number of hydrogen-bond donors (Lipinski definition) is 0. The van der Waals surface area contributed by atoms with E-state index < -0.39 is 0 Å². The maximum atomic E-state index is 2.50. The average molecular weight is 501 g/mol. The fourth-order valence-corrected chi connectivity index (χ4v) is 4.92. The van der Waals surface area contributed by atoms with E-state index >= 15 is 0 Å². The van der Waals surface area contributed by atoms with Crippen molar-refractivity contribution < 1.29 is 0 Å². The van der Waals surface area contributed by atoms with Crippen molar-refractivity contribution >= 4 is 0 Å². The Labute approximate surface area is 228 Å². The van der Waals surface area contributed by atoms with Crippen LogP contribution in [0.3, 0.4) is 0 Å². The Bertz CT molecular complexity index is 864. The van der Waals surface area contributed by atoms with E-state index in [0.29, 0.717) is 12.1 Å². The van der Waals surface area contributed by atoms with Gasteiger partial charge in [0, 0.05) is 18.6 Å². The monoisotopic (exact) mass is 500 g/mol. The van der Waals surface area contributed by atoms with Crippen molar-refractivity contribution in [2.45, 2.75) is 84.3 Å². The topological polar surface area (TPSA) is 6.48 Å². The molecule has 3 aromatic carbocycles. The molecule has 2 heteroatoms.